The Balaban J connectivity index is 2.17. The summed E-state index contributed by atoms with van der Waals surface area (Å²) in [6.07, 6.45) is 1.01. The van der Waals surface area contributed by atoms with Gasteiger partial charge in [-0.25, -0.2) is 0 Å². The van der Waals surface area contributed by atoms with Crippen LogP contribution in [0.5, 0.6) is 0 Å². The van der Waals surface area contributed by atoms with Crippen molar-refractivity contribution in [1.82, 2.24) is 0 Å². The minimum atomic E-state index is -0.0533. The van der Waals surface area contributed by atoms with E-state index in [1.807, 2.05) is 25.1 Å². The largest absolute Gasteiger partial charge is 0.321 e. The molecule has 1 aromatic carbocycles. The number of carbonyl (C=O) groups is 1. The predicted octanol–water partition coefficient (Wildman–Crippen LogP) is 4.94. The maximum Gasteiger partial charge on any atom is 0.265 e. The van der Waals surface area contributed by atoms with Gasteiger partial charge in [-0.15, -0.1) is 11.3 Å². The zero-order valence-corrected chi connectivity index (χ0v) is 13.6. The van der Waals surface area contributed by atoms with Crippen LogP contribution in [0.15, 0.2) is 28.1 Å². The molecule has 2 aromatic rings. The lowest BCUT2D eigenvalue weighted by Gasteiger charge is -2.07. The van der Waals surface area contributed by atoms with Gasteiger partial charge in [-0.1, -0.05) is 13.0 Å². The van der Waals surface area contributed by atoms with Crippen molar-refractivity contribution in [2.24, 2.45) is 0 Å². The van der Waals surface area contributed by atoms with Gasteiger partial charge in [0.05, 0.1) is 8.66 Å². The highest BCUT2D eigenvalue weighted by molar-refractivity contribution is 9.11. The predicted molar refractivity (Wildman–Crippen MR) is 85.3 cm³/mol. The average molecular weight is 338 g/mol. The van der Waals surface area contributed by atoms with E-state index >= 15 is 0 Å². The molecule has 0 unspecified atom stereocenters. The molecule has 1 N–H and O–H groups in total. The number of halogens is 1. The average Bonchev–Trinajstić information content (AvgIpc) is 2.70. The van der Waals surface area contributed by atoms with Crippen molar-refractivity contribution in [3.8, 4) is 0 Å². The summed E-state index contributed by atoms with van der Waals surface area (Å²) in [4.78, 5) is 12.8. The summed E-state index contributed by atoms with van der Waals surface area (Å²) in [6.45, 7) is 6.18. The lowest BCUT2D eigenvalue weighted by atomic mass is 10.1. The molecule has 0 aliphatic rings. The van der Waals surface area contributed by atoms with Gasteiger partial charge in [0.15, 0.2) is 0 Å². The SMILES string of the molecule is CCc1ccc(NC(=O)c2cc(C)c(Br)s2)cc1C. The summed E-state index contributed by atoms with van der Waals surface area (Å²) in [5.74, 6) is -0.0533. The van der Waals surface area contributed by atoms with Crippen LogP contribution in [-0.2, 0) is 6.42 Å². The maximum atomic E-state index is 12.1. The fourth-order valence-corrected chi connectivity index (χ4v) is 3.36. The smallest absolute Gasteiger partial charge is 0.265 e. The minimum absolute atomic E-state index is 0.0533. The molecule has 0 saturated carbocycles. The fraction of sp³-hybridized carbons (Fsp3) is 0.267. The number of anilines is 1. The van der Waals surface area contributed by atoms with Gasteiger partial charge < -0.3 is 5.32 Å². The highest BCUT2D eigenvalue weighted by Gasteiger charge is 2.11. The van der Waals surface area contributed by atoms with Crippen molar-refractivity contribution < 1.29 is 4.79 Å². The Labute approximate surface area is 126 Å². The molecule has 0 spiro atoms. The number of amides is 1. The summed E-state index contributed by atoms with van der Waals surface area (Å²) < 4.78 is 1.01. The van der Waals surface area contributed by atoms with Gasteiger partial charge >= 0.3 is 0 Å². The van der Waals surface area contributed by atoms with Crippen molar-refractivity contribution in [3.05, 3.63) is 49.6 Å². The quantitative estimate of drug-likeness (QED) is 0.844. The monoisotopic (exact) mass is 337 g/mol. The van der Waals surface area contributed by atoms with Crippen molar-refractivity contribution in [3.63, 3.8) is 0 Å². The molecular formula is C15H16BrNOS. The van der Waals surface area contributed by atoms with E-state index < -0.39 is 0 Å². The van der Waals surface area contributed by atoms with Gasteiger partial charge in [-0.2, -0.15) is 0 Å². The van der Waals surface area contributed by atoms with Gasteiger partial charge in [0, 0.05) is 5.69 Å². The molecule has 19 heavy (non-hydrogen) atoms. The molecule has 2 rings (SSSR count). The Morgan fingerprint density at radius 2 is 2.00 bits per heavy atom. The van der Waals surface area contributed by atoms with Crippen LogP contribution in [-0.4, -0.2) is 5.91 Å². The van der Waals surface area contributed by atoms with Gasteiger partial charge in [0.2, 0.25) is 0 Å². The minimum Gasteiger partial charge on any atom is -0.321 e. The topological polar surface area (TPSA) is 29.1 Å². The van der Waals surface area contributed by atoms with Crippen LogP contribution in [0.2, 0.25) is 0 Å². The van der Waals surface area contributed by atoms with Gasteiger partial charge in [-0.3, -0.25) is 4.79 Å². The van der Waals surface area contributed by atoms with E-state index in [0.29, 0.717) is 0 Å². The molecule has 0 bridgehead atoms. The number of hydrogen-bond acceptors (Lipinski definition) is 2. The second kappa shape index (κ2) is 5.88. The molecular weight excluding hydrogens is 322 g/mol. The Morgan fingerprint density at radius 3 is 2.53 bits per heavy atom. The molecule has 0 aliphatic heterocycles. The van der Waals surface area contributed by atoms with Crippen molar-refractivity contribution in [2.45, 2.75) is 27.2 Å². The van der Waals surface area contributed by atoms with E-state index in [-0.39, 0.29) is 5.91 Å². The Kier molecular flexibility index (Phi) is 4.42. The van der Waals surface area contributed by atoms with Crippen LogP contribution in [0.4, 0.5) is 5.69 Å². The number of benzene rings is 1. The molecule has 0 saturated heterocycles. The zero-order chi connectivity index (χ0) is 14.0. The van der Waals surface area contributed by atoms with E-state index in [0.717, 1.165) is 26.3 Å². The number of rotatable bonds is 3. The first-order valence-electron chi connectivity index (χ1n) is 6.18. The van der Waals surface area contributed by atoms with E-state index in [1.54, 1.807) is 0 Å². The van der Waals surface area contributed by atoms with Crippen molar-refractivity contribution in [1.29, 1.82) is 0 Å². The number of carbonyl (C=O) groups excluding carboxylic acids is 1. The zero-order valence-electron chi connectivity index (χ0n) is 11.2. The first kappa shape index (κ1) is 14.3. The van der Waals surface area contributed by atoms with Gasteiger partial charge in [0.25, 0.3) is 5.91 Å². The molecule has 0 radical (unpaired) electrons. The third-order valence-corrected chi connectivity index (χ3v) is 5.20. The standard InChI is InChI=1S/C15H16BrNOS/c1-4-11-5-6-12(7-9(11)2)17-15(18)13-8-10(3)14(16)19-13/h5-8H,4H2,1-3H3,(H,17,18). The van der Waals surface area contributed by atoms with Crippen LogP contribution in [0.1, 0.15) is 33.3 Å². The Morgan fingerprint density at radius 1 is 1.26 bits per heavy atom. The highest BCUT2D eigenvalue weighted by Crippen LogP contribution is 2.28. The third-order valence-electron chi connectivity index (χ3n) is 3.06. The van der Waals surface area contributed by atoms with Crippen LogP contribution in [0.3, 0.4) is 0 Å². The van der Waals surface area contributed by atoms with E-state index in [4.69, 9.17) is 0 Å². The maximum absolute atomic E-state index is 12.1. The Hall–Kier alpha value is -1.13. The van der Waals surface area contributed by atoms with Gasteiger partial charge in [-0.05, 0) is 71.1 Å². The summed E-state index contributed by atoms with van der Waals surface area (Å²) in [7, 11) is 0. The van der Waals surface area contributed by atoms with Crippen LogP contribution >= 0.6 is 27.3 Å². The molecule has 100 valence electrons. The van der Waals surface area contributed by atoms with E-state index in [1.165, 1.54) is 22.5 Å². The van der Waals surface area contributed by atoms with E-state index in [2.05, 4.69) is 41.2 Å². The van der Waals surface area contributed by atoms with Crippen LogP contribution < -0.4 is 5.32 Å². The number of aryl methyl sites for hydroxylation is 3. The first-order chi connectivity index (χ1) is 9.01. The third kappa shape index (κ3) is 3.25. The summed E-state index contributed by atoms with van der Waals surface area (Å²) in [5, 5.41) is 2.94. The van der Waals surface area contributed by atoms with Crippen molar-refractivity contribution >= 4 is 38.9 Å². The first-order valence-corrected chi connectivity index (χ1v) is 7.79. The number of nitrogens with one attached hydrogen (secondary N) is 1. The fourth-order valence-electron chi connectivity index (χ4n) is 1.93. The molecule has 1 aromatic heterocycles. The van der Waals surface area contributed by atoms with Crippen LogP contribution in [0.25, 0.3) is 0 Å². The second-order valence-electron chi connectivity index (χ2n) is 4.52. The molecule has 2 nitrogen and oxygen atoms in total. The number of thiophene rings is 1. The van der Waals surface area contributed by atoms with E-state index in [9.17, 15) is 4.79 Å². The number of hydrogen-bond donors (Lipinski definition) is 1. The van der Waals surface area contributed by atoms with Gasteiger partial charge in [0.1, 0.15) is 0 Å². The summed E-state index contributed by atoms with van der Waals surface area (Å²) >= 11 is 4.90. The highest BCUT2D eigenvalue weighted by atomic mass is 79.9. The Bertz CT molecular complexity index is 599. The molecule has 1 amide bonds. The normalized spacial score (nSPS) is 10.5. The van der Waals surface area contributed by atoms with Crippen LogP contribution in [0, 0.1) is 13.8 Å². The molecule has 0 aliphatic carbocycles. The molecule has 0 fully saturated rings. The lowest BCUT2D eigenvalue weighted by Crippen LogP contribution is -2.10. The summed E-state index contributed by atoms with van der Waals surface area (Å²) in [5.41, 5.74) is 4.46. The lowest BCUT2D eigenvalue weighted by molar-refractivity contribution is 0.103. The molecule has 4 heteroatoms. The summed E-state index contributed by atoms with van der Waals surface area (Å²) in [6, 6.07) is 7.95. The second-order valence-corrected chi connectivity index (χ2v) is 6.89. The van der Waals surface area contributed by atoms with Crippen molar-refractivity contribution in [2.75, 3.05) is 5.32 Å². The molecule has 1 heterocycles. The molecule has 0 atom stereocenters.